The highest BCUT2D eigenvalue weighted by Crippen LogP contribution is 2.35. The Balaban J connectivity index is 1.91. The van der Waals surface area contributed by atoms with Gasteiger partial charge in [-0.2, -0.15) is 13.2 Å². The molecule has 1 aliphatic heterocycles. The fourth-order valence-corrected chi connectivity index (χ4v) is 2.91. The molecule has 8 heteroatoms. The lowest BCUT2D eigenvalue weighted by Gasteiger charge is -2.33. The van der Waals surface area contributed by atoms with Crippen molar-refractivity contribution in [3.05, 3.63) is 29.8 Å². The Bertz CT molecular complexity index is 634. The molecule has 2 amide bonds. The number of para-hydroxylation sites is 1. The summed E-state index contributed by atoms with van der Waals surface area (Å²) in [6.07, 6.45) is -1.87. The van der Waals surface area contributed by atoms with E-state index in [0.29, 0.717) is 19.5 Å². The first-order valence-corrected chi connectivity index (χ1v) is 8.67. The third-order valence-electron chi connectivity index (χ3n) is 4.16. The Labute approximate surface area is 150 Å². The summed E-state index contributed by atoms with van der Waals surface area (Å²) < 4.78 is 44.0. The average Bonchev–Trinajstić information content (AvgIpc) is 2.59. The number of nitrogens with one attached hydrogen (secondary N) is 1. The Morgan fingerprint density at radius 3 is 2.73 bits per heavy atom. The summed E-state index contributed by atoms with van der Waals surface area (Å²) in [5.41, 5.74) is -0.906. The molecule has 1 atom stereocenters. The van der Waals surface area contributed by atoms with Crippen LogP contribution in [0.5, 0.6) is 5.75 Å². The largest absolute Gasteiger partial charge is 0.483 e. The molecule has 1 saturated heterocycles. The number of hydrogen-bond acceptors (Lipinski definition) is 3. The van der Waals surface area contributed by atoms with Gasteiger partial charge < -0.3 is 15.0 Å². The summed E-state index contributed by atoms with van der Waals surface area (Å²) in [5, 5.41) is 2.89. The molecule has 0 radical (unpaired) electrons. The zero-order valence-electron chi connectivity index (χ0n) is 14.6. The molecule has 1 aliphatic rings. The zero-order chi connectivity index (χ0) is 19.2. The van der Waals surface area contributed by atoms with Gasteiger partial charge in [-0.3, -0.25) is 9.59 Å². The SMILES string of the molecule is CCCC(=O)NC1CCCN(C(=O)COc2ccccc2C(F)(F)F)C1. The standard InChI is InChI=1S/C18H23F3N2O3/c1-2-6-16(24)22-13-7-5-10-23(11-13)17(25)12-26-15-9-4-3-8-14(15)18(19,20)21/h3-4,8-9,13H,2,5-7,10-12H2,1H3,(H,22,24). The third-order valence-corrected chi connectivity index (χ3v) is 4.16. The maximum Gasteiger partial charge on any atom is 0.419 e. The molecule has 5 nitrogen and oxygen atoms in total. The number of nitrogens with zero attached hydrogens (tertiary/aromatic N) is 1. The molecule has 0 saturated carbocycles. The highest BCUT2D eigenvalue weighted by atomic mass is 19.4. The van der Waals surface area contributed by atoms with Crippen molar-refractivity contribution in [1.29, 1.82) is 0 Å². The molecule has 144 valence electrons. The second-order valence-electron chi connectivity index (χ2n) is 6.28. The lowest BCUT2D eigenvalue weighted by Crippen LogP contribution is -2.50. The van der Waals surface area contributed by atoms with Gasteiger partial charge in [-0.15, -0.1) is 0 Å². The average molecular weight is 372 g/mol. The molecule has 1 aromatic rings. The maximum atomic E-state index is 12.9. The molecule has 1 aromatic carbocycles. The first-order chi connectivity index (χ1) is 12.3. The lowest BCUT2D eigenvalue weighted by atomic mass is 10.1. The van der Waals surface area contributed by atoms with Gasteiger partial charge in [-0.25, -0.2) is 0 Å². The van der Waals surface area contributed by atoms with E-state index in [2.05, 4.69) is 5.32 Å². The smallest absolute Gasteiger partial charge is 0.419 e. The Kier molecular flexibility index (Phi) is 6.88. The molecule has 1 unspecified atom stereocenters. The number of benzene rings is 1. The minimum absolute atomic E-state index is 0.0536. The quantitative estimate of drug-likeness (QED) is 0.835. The summed E-state index contributed by atoms with van der Waals surface area (Å²) in [7, 11) is 0. The van der Waals surface area contributed by atoms with Gasteiger partial charge in [0.1, 0.15) is 5.75 Å². The number of amides is 2. The highest BCUT2D eigenvalue weighted by molar-refractivity contribution is 5.78. The minimum Gasteiger partial charge on any atom is -0.483 e. The van der Waals surface area contributed by atoms with Crippen LogP contribution >= 0.6 is 0 Å². The van der Waals surface area contributed by atoms with Gasteiger partial charge in [0.05, 0.1) is 5.56 Å². The van der Waals surface area contributed by atoms with Crippen molar-refractivity contribution in [2.45, 2.75) is 44.8 Å². The Morgan fingerprint density at radius 1 is 1.31 bits per heavy atom. The molecular weight excluding hydrogens is 349 g/mol. The summed E-state index contributed by atoms with van der Waals surface area (Å²) in [6, 6.07) is 4.68. The Morgan fingerprint density at radius 2 is 2.04 bits per heavy atom. The number of piperidine rings is 1. The van der Waals surface area contributed by atoms with Crippen molar-refractivity contribution in [3.8, 4) is 5.75 Å². The number of ether oxygens (including phenoxy) is 1. The van der Waals surface area contributed by atoms with Crippen molar-refractivity contribution in [1.82, 2.24) is 10.2 Å². The number of carbonyl (C=O) groups excluding carboxylic acids is 2. The van der Waals surface area contributed by atoms with E-state index in [1.807, 2.05) is 6.92 Å². The van der Waals surface area contributed by atoms with Crippen LogP contribution in [-0.4, -0.2) is 42.5 Å². The second kappa shape index (κ2) is 8.91. The number of likely N-dealkylation sites (tertiary alicyclic amines) is 1. The van der Waals surface area contributed by atoms with E-state index in [0.717, 1.165) is 25.3 Å². The molecule has 1 fully saturated rings. The summed E-state index contributed by atoms with van der Waals surface area (Å²) in [4.78, 5) is 25.5. The van der Waals surface area contributed by atoms with Crippen LogP contribution < -0.4 is 10.1 Å². The van der Waals surface area contributed by atoms with E-state index < -0.39 is 24.3 Å². The van der Waals surface area contributed by atoms with Crippen molar-refractivity contribution in [3.63, 3.8) is 0 Å². The van der Waals surface area contributed by atoms with E-state index in [1.54, 1.807) is 0 Å². The fourth-order valence-electron chi connectivity index (χ4n) is 2.91. The molecule has 0 spiro atoms. The van der Waals surface area contributed by atoms with Gasteiger partial charge in [0.2, 0.25) is 5.91 Å². The number of alkyl halides is 3. The van der Waals surface area contributed by atoms with Gasteiger partial charge in [-0.05, 0) is 31.4 Å². The zero-order valence-corrected chi connectivity index (χ0v) is 14.6. The lowest BCUT2D eigenvalue weighted by molar-refractivity contribution is -0.141. The summed E-state index contributed by atoms with van der Waals surface area (Å²) >= 11 is 0. The molecule has 1 heterocycles. The van der Waals surface area contributed by atoms with Gasteiger partial charge in [-0.1, -0.05) is 19.1 Å². The number of halogens is 3. The van der Waals surface area contributed by atoms with Crippen molar-refractivity contribution in [2.24, 2.45) is 0 Å². The Hall–Kier alpha value is -2.25. The number of rotatable bonds is 6. The molecular formula is C18H23F3N2O3. The normalized spacial score (nSPS) is 17.7. The van der Waals surface area contributed by atoms with Crippen LogP contribution in [0.4, 0.5) is 13.2 Å². The molecule has 0 aromatic heterocycles. The number of hydrogen-bond donors (Lipinski definition) is 1. The highest BCUT2D eigenvalue weighted by Gasteiger charge is 2.34. The van der Waals surface area contributed by atoms with Gasteiger partial charge >= 0.3 is 6.18 Å². The molecule has 2 rings (SSSR count). The second-order valence-corrected chi connectivity index (χ2v) is 6.28. The monoisotopic (exact) mass is 372 g/mol. The molecule has 0 aliphatic carbocycles. The molecule has 26 heavy (non-hydrogen) atoms. The molecule has 1 N–H and O–H groups in total. The first-order valence-electron chi connectivity index (χ1n) is 8.67. The minimum atomic E-state index is -4.54. The van der Waals surface area contributed by atoms with Crippen LogP contribution in [0.2, 0.25) is 0 Å². The maximum absolute atomic E-state index is 12.9. The molecule has 0 bridgehead atoms. The van der Waals surface area contributed by atoms with Crippen LogP contribution in [0.1, 0.15) is 38.2 Å². The first kappa shape index (κ1) is 20.1. The van der Waals surface area contributed by atoms with E-state index in [9.17, 15) is 22.8 Å². The fraction of sp³-hybridized carbons (Fsp3) is 0.556. The van der Waals surface area contributed by atoms with Crippen LogP contribution in [0.25, 0.3) is 0 Å². The van der Waals surface area contributed by atoms with E-state index in [4.69, 9.17) is 4.74 Å². The van der Waals surface area contributed by atoms with E-state index >= 15 is 0 Å². The number of carbonyl (C=O) groups is 2. The topological polar surface area (TPSA) is 58.6 Å². The summed E-state index contributed by atoms with van der Waals surface area (Å²) in [5.74, 6) is -0.809. The predicted octanol–water partition coefficient (Wildman–Crippen LogP) is 2.99. The summed E-state index contributed by atoms with van der Waals surface area (Å²) in [6.45, 7) is 2.29. The van der Waals surface area contributed by atoms with Crippen LogP contribution in [0, 0.1) is 0 Å². The van der Waals surface area contributed by atoms with E-state index in [1.165, 1.54) is 23.1 Å². The van der Waals surface area contributed by atoms with E-state index in [-0.39, 0.29) is 17.7 Å². The van der Waals surface area contributed by atoms with Gasteiger partial charge in [0.15, 0.2) is 6.61 Å². The van der Waals surface area contributed by atoms with Crippen LogP contribution in [-0.2, 0) is 15.8 Å². The predicted molar refractivity (Wildman–Crippen MR) is 89.6 cm³/mol. The third kappa shape index (κ3) is 5.64. The van der Waals surface area contributed by atoms with Crippen molar-refractivity contribution < 1.29 is 27.5 Å². The van der Waals surface area contributed by atoms with Crippen molar-refractivity contribution >= 4 is 11.8 Å². The van der Waals surface area contributed by atoms with Gasteiger partial charge in [0, 0.05) is 25.6 Å². The van der Waals surface area contributed by atoms with Crippen LogP contribution in [0.3, 0.4) is 0 Å². The van der Waals surface area contributed by atoms with Crippen molar-refractivity contribution in [2.75, 3.05) is 19.7 Å². The van der Waals surface area contributed by atoms with Crippen LogP contribution in [0.15, 0.2) is 24.3 Å². The van der Waals surface area contributed by atoms with Gasteiger partial charge in [0.25, 0.3) is 5.91 Å².